The average Bonchev–Trinajstić information content (AvgIpc) is 3.31. The molecule has 7 heteroatoms. The number of furan rings is 1. The van der Waals surface area contributed by atoms with Gasteiger partial charge in [-0.3, -0.25) is 14.9 Å². The van der Waals surface area contributed by atoms with E-state index in [0.29, 0.717) is 28.2 Å². The Hall–Kier alpha value is -4.91. The molecule has 0 aliphatic carbocycles. The zero-order chi connectivity index (χ0) is 26.1. The second-order valence-electron chi connectivity index (χ2n) is 8.83. The van der Waals surface area contributed by atoms with Crippen molar-refractivity contribution < 1.29 is 18.9 Å². The molecular weight excluding hydrogens is 468 g/mol. The zero-order valence-electron chi connectivity index (χ0n) is 20.6. The minimum absolute atomic E-state index is 0.0254. The third kappa shape index (κ3) is 4.67. The van der Waals surface area contributed by atoms with E-state index in [2.05, 4.69) is 35.6 Å². The number of aryl methyl sites for hydroxylation is 1. The lowest BCUT2D eigenvalue weighted by Gasteiger charge is -2.11. The van der Waals surface area contributed by atoms with Crippen LogP contribution >= 0.6 is 0 Å². The predicted molar refractivity (Wildman–Crippen MR) is 146 cm³/mol. The summed E-state index contributed by atoms with van der Waals surface area (Å²) in [6.45, 7) is 3.55. The lowest BCUT2D eigenvalue weighted by atomic mass is 9.97. The van der Waals surface area contributed by atoms with Gasteiger partial charge in [0.05, 0.1) is 18.3 Å². The molecule has 184 valence electrons. The smallest absolute Gasteiger partial charge is 0.269 e. The van der Waals surface area contributed by atoms with Crippen LogP contribution in [0.4, 0.5) is 11.4 Å². The Kier molecular flexibility index (Phi) is 6.19. The molecule has 0 aliphatic rings. The number of non-ortho nitro benzene ring substituents is 1. The Labute approximate surface area is 213 Å². The minimum atomic E-state index is -0.465. The Morgan fingerprint density at radius 2 is 1.81 bits per heavy atom. The fourth-order valence-corrected chi connectivity index (χ4v) is 4.46. The van der Waals surface area contributed by atoms with E-state index in [9.17, 15) is 14.9 Å². The second-order valence-corrected chi connectivity index (χ2v) is 8.83. The number of carbonyl (C=O) groups is 1. The number of anilines is 1. The van der Waals surface area contributed by atoms with E-state index in [1.807, 2.05) is 31.2 Å². The molecule has 0 atom stereocenters. The van der Waals surface area contributed by atoms with Crippen molar-refractivity contribution in [2.24, 2.45) is 0 Å². The van der Waals surface area contributed by atoms with Crippen molar-refractivity contribution in [2.45, 2.75) is 13.8 Å². The molecular formula is C30H24N2O5. The molecule has 1 aromatic heterocycles. The summed E-state index contributed by atoms with van der Waals surface area (Å²) in [7, 11) is 1.57. The SMILES string of the molecule is COc1cc2occ(-c3ccc4ccccc4c3)c2cc1/C(C)=C/C(=O)Nc1ccc([N+](=O)[O-])cc1C. The van der Waals surface area contributed by atoms with E-state index in [1.165, 1.54) is 24.3 Å². The highest BCUT2D eigenvalue weighted by atomic mass is 16.6. The Morgan fingerprint density at radius 1 is 1.03 bits per heavy atom. The highest BCUT2D eigenvalue weighted by Crippen LogP contribution is 2.38. The average molecular weight is 493 g/mol. The van der Waals surface area contributed by atoms with Gasteiger partial charge in [-0.2, -0.15) is 0 Å². The number of methoxy groups -OCH3 is 1. The van der Waals surface area contributed by atoms with Crippen LogP contribution in [-0.2, 0) is 4.79 Å². The molecule has 1 amide bonds. The van der Waals surface area contributed by atoms with Crippen LogP contribution in [0.2, 0.25) is 0 Å². The molecule has 0 aliphatic heterocycles. The largest absolute Gasteiger partial charge is 0.496 e. The third-order valence-electron chi connectivity index (χ3n) is 6.41. The molecule has 5 rings (SSSR count). The second kappa shape index (κ2) is 9.62. The van der Waals surface area contributed by atoms with Gasteiger partial charge in [0.1, 0.15) is 11.3 Å². The number of allylic oxidation sites excluding steroid dienone is 1. The highest BCUT2D eigenvalue weighted by Gasteiger charge is 2.16. The van der Waals surface area contributed by atoms with Crippen LogP contribution in [0.25, 0.3) is 38.4 Å². The van der Waals surface area contributed by atoms with Crippen molar-refractivity contribution in [3.63, 3.8) is 0 Å². The number of nitrogens with one attached hydrogen (secondary N) is 1. The molecule has 0 fully saturated rings. The maximum absolute atomic E-state index is 12.8. The van der Waals surface area contributed by atoms with Gasteiger partial charge in [0.2, 0.25) is 5.91 Å². The molecule has 1 N–H and O–H groups in total. The number of hydrogen-bond donors (Lipinski definition) is 1. The van der Waals surface area contributed by atoms with E-state index in [-0.39, 0.29) is 11.6 Å². The zero-order valence-corrected chi connectivity index (χ0v) is 20.6. The minimum Gasteiger partial charge on any atom is -0.496 e. The van der Waals surface area contributed by atoms with Crippen LogP contribution in [0.1, 0.15) is 18.1 Å². The number of fused-ring (bicyclic) bond motifs is 2. The summed E-state index contributed by atoms with van der Waals surface area (Å²) in [5, 5.41) is 17.0. The predicted octanol–water partition coefficient (Wildman–Crippen LogP) is 7.52. The molecule has 4 aromatic carbocycles. The van der Waals surface area contributed by atoms with E-state index >= 15 is 0 Å². The summed E-state index contributed by atoms with van der Waals surface area (Å²) >= 11 is 0. The first-order valence-corrected chi connectivity index (χ1v) is 11.7. The molecule has 5 aromatic rings. The molecule has 7 nitrogen and oxygen atoms in total. The molecule has 0 bridgehead atoms. The normalized spacial score (nSPS) is 11.6. The maximum Gasteiger partial charge on any atom is 0.269 e. The Balaban J connectivity index is 1.49. The lowest BCUT2D eigenvalue weighted by Crippen LogP contribution is -2.10. The number of benzene rings is 4. The van der Waals surface area contributed by atoms with Gasteiger partial charge in [-0.05, 0) is 59.5 Å². The standard InChI is InChI=1S/C30H24N2O5/c1-18(13-30(33)31-27-11-10-23(32(34)35)12-19(27)2)24-15-25-26(17-37-29(25)16-28(24)36-3)22-9-8-20-6-4-5-7-21(20)14-22/h4-17H,1-3H3,(H,31,33)/b18-13+. The van der Waals surface area contributed by atoms with Gasteiger partial charge in [-0.1, -0.05) is 36.4 Å². The first kappa shape index (κ1) is 23.8. The summed E-state index contributed by atoms with van der Waals surface area (Å²) in [5.41, 5.74) is 5.20. The van der Waals surface area contributed by atoms with E-state index in [1.54, 1.807) is 20.3 Å². The number of nitrogens with zero attached hydrogens (tertiary/aromatic N) is 1. The van der Waals surface area contributed by atoms with E-state index in [0.717, 1.165) is 32.8 Å². The van der Waals surface area contributed by atoms with Crippen LogP contribution < -0.4 is 10.1 Å². The van der Waals surface area contributed by atoms with Crippen molar-refractivity contribution in [2.75, 3.05) is 12.4 Å². The number of rotatable bonds is 6. The van der Waals surface area contributed by atoms with Crippen molar-refractivity contribution >= 4 is 44.6 Å². The van der Waals surface area contributed by atoms with Gasteiger partial charge in [0.15, 0.2) is 0 Å². The molecule has 0 saturated carbocycles. The van der Waals surface area contributed by atoms with Crippen LogP contribution in [0.3, 0.4) is 0 Å². The van der Waals surface area contributed by atoms with Crippen LogP contribution in [0, 0.1) is 17.0 Å². The molecule has 0 unspecified atom stereocenters. The summed E-state index contributed by atoms with van der Waals surface area (Å²) in [6.07, 6.45) is 3.22. The Bertz CT molecular complexity index is 1710. The van der Waals surface area contributed by atoms with Gasteiger partial charge in [-0.25, -0.2) is 0 Å². The van der Waals surface area contributed by atoms with Crippen LogP contribution in [-0.4, -0.2) is 17.9 Å². The monoisotopic (exact) mass is 492 g/mol. The quantitative estimate of drug-likeness (QED) is 0.150. The fraction of sp³-hybridized carbons (Fsp3) is 0.100. The number of nitro groups is 1. The first-order valence-electron chi connectivity index (χ1n) is 11.7. The highest BCUT2D eigenvalue weighted by molar-refractivity contribution is 6.06. The van der Waals surface area contributed by atoms with Crippen molar-refractivity contribution in [3.05, 3.63) is 106 Å². The van der Waals surface area contributed by atoms with Gasteiger partial charge in [0.25, 0.3) is 5.69 Å². The van der Waals surface area contributed by atoms with E-state index < -0.39 is 4.92 Å². The number of nitro benzene ring substituents is 1. The summed E-state index contributed by atoms with van der Waals surface area (Å²) in [4.78, 5) is 23.3. The molecule has 0 spiro atoms. The van der Waals surface area contributed by atoms with Crippen molar-refractivity contribution in [1.29, 1.82) is 0 Å². The fourth-order valence-electron chi connectivity index (χ4n) is 4.46. The van der Waals surface area contributed by atoms with Gasteiger partial charge < -0.3 is 14.5 Å². The molecule has 1 heterocycles. The summed E-state index contributed by atoms with van der Waals surface area (Å²) in [6, 6.07) is 22.6. The van der Waals surface area contributed by atoms with Crippen LogP contribution in [0.5, 0.6) is 5.75 Å². The van der Waals surface area contributed by atoms with Crippen molar-refractivity contribution in [1.82, 2.24) is 0 Å². The van der Waals surface area contributed by atoms with Crippen molar-refractivity contribution in [3.8, 4) is 16.9 Å². The number of ether oxygens (including phenoxy) is 1. The number of carbonyl (C=O) groups excluding carboxylic acids is 1. The molecule has 0 saturated heterocycles. The number of hydrogen-bond acceptors (Lipinski definition) is 5. The summed E-state index contributed by atoms with van der Waals surface area (Å²) in [5.74, 6) is 0.235. The first-order chi connectivity index (χ1) is 17.8. The molecule has 37 heavy (non-hydrogen) atoms. The van der Waals surface area contributed by atoms with Crippen LogP contribution in [0.15, 0.2) is 89.6 Å². The van der Waals surface area contributed by atoms with Gasteiger partial charge in [-0.15, -0.1) is 0 Å². The van der Waals surface area contributed by atoms with Gasteiger partial charge in [0, 0.05) is 46.5 Å². The Morgan fingerprint density at radius 3 is 2.54 bits per heavy atom. The van der Waals surface area contributed by atoms with Gasteiger partial charge >= 0.3 is 0 Å². The lowest BCUT2D eigenvalue weighted by molar-refractivity contribution is -0.384. The molecule has 0 radical (unpaired) electrons. The number of amides is 1. The topological polar surface area (TPSA) is 94.6 Å². The van der Waals surface area contributed by atoms with E-state index in [4.69, 9.17) is 9.15 Å². The maximum atomic E-state index is 12.8. The summed E-state index contributed by atoms with van der Waals surface area (Å²) < 4.78 is 11.5. The third-order valence-corrected chi connectivity index (χ3v) is 6.41.